The summed E-state index contributed by atoms with van der Waals surface area (Å²) >= 11 is 6.05. The minimum atomic E-state index is -0.501. The molecule has 136 valence electrons. The average Bonchev–Trinajstić information content (AvgIpc) is 2.64. The summed E-state index contributed by atoms with van der Waals surface area (Å²) in [5.41, 5.74) is 1.80. The van der Waals surface area contributed by atoms with Crippen molar-refractivity contribution in [2.45, 2.75) is 18.9 Å². The van der Waals surface area contributed by atoms with Gasteiger partial charge in [0, 0.05) is 17.1 Å². The van der Waals surface area contributed by atoms with Crippen LogP contribution < -0.4 is 5.32 Å². The van der Waals surface area contributed by atoms with Crippen LogP contribution in [0.15, 0.2) is 42.5 Å². The van der Waals surface area contributed by atoms with Crippen LogP contribution in [0.2, 0.25) is 5.02 Å². The average molecular weight is 375 g/mol. The second-order valence-electron chi connectivity index (χ2n) is 6.91. The van der Waals surface area contributed by atoms with E-state index < -0.39 is 6.09 Å². The van der Waals surface area contributed by atoms with E-state index in [0.29, 0.717) is 22.2 Å². The van der Waals surface area contributed by atoms with Gasteiger partial charge in [-0.2, -0.15) is 0 Å². The molecular weight excluding hydrogens is 355 g/mol. The van der Waals surface area contributed by atoms with Crippen molar-refractivity contribution < 1.29 is 13.9 Å². The van der Waals surface area contributed by atoms with Crippen LogP contribution in [-0.4, -0.2) is 36.7 Å². The van der Waals surface area contributed by atoms with E-state index in [1.807, 2.05) is 6.07 Å². The second-order valence-corrected chi connectivity index (χ2v) is 7.34. The molecule has 6 heteroatoms. The third-order valence-electron chi connectivity index (χ3n) is 5.21. The Labute approximate surface area is 156 Å². The first-order valence-corrected chi connectivity index (χ1v) is 9.22. The largest absolute Gasteiger partial charge is 0.444 e. The van der Waals surface area contributed by atoms with Crippen molar-refractivity contribution in [3.05, 3.63) is 53.3 Å². The van der Waals surface area contributed by atoms with Crippen molar-refractivity contribution in [2.75, 3.05) is 25.0 Å². The quantitative estimate of drug-likeness (QED) is 0.839. The van der Waals surface area contributed by atoms with Crippen molar-refractivity contribution in [3.8, 4) is 11.1 Å². The van der Waals surface area contributed by atoms with E-state index in [2.05, 4.69) is 10.2 Å². The number of halogens is 2. The number of hydrogen-bond donors (Lipinski definition) is 1. The molecule has 3 fully saturated rings. The zero-order valence-corrected chi connectivity index (χ0v) is 15.0. The second kappa shape index (κ2) is 7.25. The number of rotatable bonds is 3. The van der Waals surface area contributed by atoms with Crippen LogP contribution in [-0.2, 0) is 4.74 Å². The predicted molar refractivity (Wildman–Crippen MR) is 99.9 cm³/mol. The fourth-order valence-corrected chi connectivity index (χ4v) is 4.03. The summed E-state index contributed by atoms with van der Waals surface area (Å²) in [5, 5.41) is 3.32. The summed E-state index contributed by atoms with van der Waals surface area (Å²) in [6.07, 6.45) is 1.57. The van der Waals surface area contributed by atoms with Gasteiger partial charge in [-0.05, 0) is 67.7 Å². The Morgan fingerprint density at radius 3 is 2.69 bits per heavy atom. The number of hydrogen-bond acceptors (Lipinski definition) is 3. The molecule has 0 unspecified atom stereocenters. The number of nitrogens with zero attached hydrogens (tertiary/aromatic N) is 1. The van der Waals surface area contributed by atoms with Crippen LogP contribution in [0.25, 0.3) is 11.1 Å². The number of fused-ring (bicyclic) bond motifs is 3. The molecule has 1 N–H and O–H groups in total. The zero-order valence-electron chi connectivity index (χ0n) is 14.3. The number of nitrogens with one attached hydrogen (secondary N) is 1. The maximum Gasteiger partial charge on any atom is 0.411 e. The highest BCUT2D eigenvalue weighted by atomic mass is 35.5. The van der Waals surface area contributed by atoms with Gasteiger partial charge in [-0.15, -0.1) is 0 Å². The van der Waals surface area contributed by atoms with Gasteiger partial charge in [0.25, 0.3) is 0 Å². The molecule has 26 heavy (non-hydrogen) atoms. The van der Waals surface area contributed by atoms with Gasteiger partial charge < -0.3 is 4.74 Å². The van der Waals surface area contributed by atoms with Gasteiger partial charge in [0.15, 0.2) is 0 Å². The number of piperidine rings is 3. The Morgan fingerprint density at radius 1 is 1.19 bits per heavy atom. The highest BCUT2D eigenvalue weighted by molar-refractivity contribution is 6.30. The number of benzene rings is 2. The summed E-state index contributed by atoms with van der Waals surface area (Å²) in [4.78, 5) is 14.7. The van der Waals surface area contributed by atoms with Crippen LogP contribution in [0, 0.1) is 11.7 Å². The normalized spacial score (nSPS) is 24.3. The lowest BCUT2D eigenvalue weighted by molar-refractivity contribution is -0.0289. The van der Waals surface area contributed by atoms with Crippen molar-refractivity contribution in [1.29, 1.82) is 0 Å². The van der Waals surface area contributed by atoms with Gasteiger partial charge in [0.1, 0.15) is 11.9 Å². The number of amides is 1. The third-order valence-corrected chi connectivity index (χ3v) is 5.44. The van der Waals surface area contributed by atoms with Gasteiger partial charge in [0.05, 0.1) is 5.69 Å². The molecule has 2 aromatic carbocycles. The summed E-state index contributed by atoms with van der Waals surface area (Å²) in [6.45, 7) is 2.97. The highest BCUT2D eigenvalue weighted by Crippen LogP contribution is 2.32. The van der Waals surface area contributed by atoms with Crippen LogP contribution in [0.3, 0.4) is 0 Å². The first-order chi connectivity index (χ1) is 12.6. The van der Waals surface area contributed by atoms with E-state index in [-0.39, 0.29) is 11.9 Å². The van der Waals surface area contributed by atoms with Gasteiger partial charge in [-0.1, -0.05) is 23.7 Å². The summed E-state index contributed by atoms with van der Waals surface area (Å²) in [5.74, 6) is 0.0580. The molecule has 0 spiro atoms. The topological polar surface area (TPSA) is 41.6 Å². The van der Waals surface area contributed by atoms with Gasteiger partial charge in [0.2, 0.25) is 0 Å². The standard InChI is InChI=1S/C20H20ClFN2O2/c21-15-3-1-2-14(10-15)17-11-16(22)4-5-18(17)23-20(25)26-19-12-24-8-6-13(19)7-9-24/h1-5,10-11,13,19H,6-9,12H2,(H,23,25)/t19-/m0/s1. The summed E-state index contributed by atoms with van der Waals surface area (Å²) < 4.78 is 19.4. The minimum absolute atomic E-state index is 0.0763. The summed E-state index contributed by atoms with van der Waals surface area (Å²) in [7, 11) is 0. The fourth-order valence-electron chi connectivity index (χ4n) is 3.84. The molecule has 3 saturated heterocycles. The molecule has 3 aliphatic heterocycles. The third kappa shape index (κ3) is 3.69. The van der Waals surface area contributed by atoms with Crippen molar-refractivity contribution in [1.82, 2.24) is 4.90 Å². The van der Waals surface area contributed by atoms with Crippen molar-refractivity contribution in [3.63, 3.8) is 0 Å². The molecule has 5 rings (SSSR count). The molecule has 3 aliphatic rings. The van der Waals surface area contributed by atoms with Crippen LogP contribution in [0.4, 0.5) is 14.9 Å². The van der Waals surface area contributed by atoms with E-state index in [1.54, 1.807) is 24.3 Å². The lowest BCUT2D eigenvalue weighted by Crippen LogP contribution is -2.52. The lowest BCUT2D eigenvalue weighted by atomic mass is 9.86. The van der Waals surface area contributed by atoms with Crippen LogP contribution in [0.5, 0.6) is 0 Å². The van der Waals surface area contributed by atoms with Gasteiger partial charge in [-0.25, -0.2) is 9.18 Å². The monoisotopic (exact) mass is 374 g/mol. The van der Waals surface area contributed by atoms with E-state index >= 15 is 0 Å². The molecule has 2 aromatic rings. The Balaban J connectivity index is 1.52. The predicted octanol–water partition coefficient (Wildman–Crippen LogP) is 4.79. The smallest absolute Gasteiger partial charge is 0.411 e. The van der Waals surface area contributed by atoms with Crippen molar-refractivity contribution >= 4 is 23.4 Å². The Hall–Kier alpha value is -2.11. The van der Waals surface area contributed by atoms with Gasteiger partial charge in [-0.3, -0.25) is 10.2 Å². The molecule has 0 aromatic heterocycles. The first kappa shape index (κ1) is 17.3. The van der Waals surface area contributed by atoms with E-state index in [1.165, 1.54) is 12.1 Å². The Kier molecular flexibility index (Phi) is 4.83. The van der Waals surface area contributed by atoms with Gasteiger partial charge >= 0.3 is 6.09 Å². The number of ether oxygens (including phenoxy) is 1. The maximum absolute atomic E-state index is 13.8. The number of carbonyl (C=O) groups excluding carboxylic acids is 1. The highest BCUT2D eigenvalue weighted by Gasteiger charge is 2.36. The molecule has 0 aliphatic carbocycles. The Morgan fingerprint density at radius 2 is 2.00 bits per heavy atom. The SMILES string of the molecule is O=C(Nc1ccc(F)cc1-c1cccc(Cl)c1)O[C@H]1CN2CCC1CC2. The van der Waals surface area contributed by atoms with E-state index in [9.17, 15) is 9.18 Å². The minimum Gasteiger partial charge on any atom is -0.444 e. The molecule has 0 saturated carbocycles. The lowest BCUT2D eigenvalue weighted by Gasteiger charge is -2.43. The maximum atomic E-state index is 13.8. The molecular formula is C20H20ClFN2O2. The molecule has 3 heterocycles. The van der Waals surface area contributed by atoms with Crippen molar-refractivity contribution in [2.24, 2.45) is 5.92 Å². The van der Waals surface area contributed by atoms with Crippen LogP contribution >= 0.6 is 11.6 Å². The fraction of sp³-hybridized carbons (Fsp3) is 0.350. The van der Waals surface area contributed by atoms with E-state index in [4.69, 9.17) is 16.3 Å². The molecule has 2 bridgehead atoms. The molecule has 1 amide bonds. The zero-order chi connectivity index (χ0) is 18.1. The molecule has 0 radical (unpaired) electrons. The first-order valence-electron chi connectivity index (χ1n) is 8.84. The van der Waals surface area contributed by atoms with Crippen LogP contribution in [0.1, 0.15) is 12.8 Å². The number of anilines is 1. The molecule has 4 nitrogen and oxygen atoms in total. The summed E-state index contributed by atoms with van der Waals surface area (Å²) in [6, 6.07) is 11.3. The number of carbonyl (C=O) groups is 1. The van der Waals surface area contributed by atoms with E-state index in [0.717, 1.165) is 38.0 Å². The Bertz CT molecular complexity index is 821. The molecule has 1 atom stereocenters.